The highest BCUT2D eigenvalue weighted by molar-refractivity contribution is 6.32. The fourth-order valence-electron chi connectivity index (χ4n) is 3.93. The molecule has 1 amide bonds. The van der Waals surface area contributed by atoms with Gasteiger partial charge in [0, 0.05) is 19.0 Å². The zero-order chi connectivity index (χ0) is 22.1. The van der Waals surface area contributed by atoms with E-state index in [1.54, 1.807) is 11.1 Å². The predicted octanol–water partition coefficient (Wildman–Crippen LogP) is 3.56. The first-order chi connectivity index (χ1) is 15.6. The number of rotatable bonds is 5. The minimum absolute atomic E-state index is 0.116. The first-order valence-electron chi connectivity index (χ1n) is 10.2. The number of pyridine rings is 1. The molecule has 0 radical (unpaired) electrons. The molecular formula is C22H21ClN4O5. The Morgan fingerprint density at radius 1 is 1.25 bits per heavy atom. The van der Waals surface area contributed by atoms with E-state index in [0.29, 0.717) is 42.9 Å². The number of anilines is 2. The Bertz CT molecular complexity index is 1120. The normalized spacial score (nSPS) is 17.6. The van der Waals surface area contributed by atoms with Crippen molar-refractivity contribution in [2.24, 2.45) is 0 Å². The number of carbonyl (C=O) groups is 1. The summed E-state index contributed by atoms with van der Waals surface area (Å²) in [5, 5.41) is 0.438. The van der Waals surface area contributed by atoms with Gasteiger partial charge >= 0.3 is 0 Å². The van der Waals surface area contributed by atoms with Crippen molar-refractivity contribution in [3.63, 3.8) is 0 Å². The largest absolute Gasteiger partial charge is 0.490 e. The fourth-order valence-corrected chi connectivity index (χ4v) is 4.17. The van der Waals surface area contributed by atoms with Gasteiger partial charge in [0.05, 0.1) is 44.0 Å². The topological polar surface area (TPSA) is 90.2 Å². The molecule has 2 aliphatic rings. The summed E-state index contributed by atoms with van der Waals surface area (Å²) >= 11 is 6.28. The van der Waals surface area contributed by atoms with Crippen LogP contribution in [-0.4, -0.2) is 60.2 Å². The van der Waals surface area contributed by atoms with Gasteiger partial charge in [-0.3, -0.25) is 4.79 Å². The zero-order valence-electron chi connectivity index (χ0n) is 17.4. The lowest BCUT2D eigenvalue weighted by Crippen LogP contribution is -2.31. The van der Waals surface area contributed by atoms with Crippen molar-refractivity contribution in [2.45, 2.75) is 12.5 Å². The summed E-state index contributed by atoms with van der Waals surface area (Å²) < 4.78 is 22.3. The zero-order valence-corrected chi connectivity index (χ0v) is 18.1. The second kappa shape index (κ2) is 8.58. The average Bonchev–Trinajstić information content (AvgIpc) is 3.51. The number of hydrogen-bond donors (Lipinski definition) is 0. The van der Waals surface area contributed by atoms with Gasteiger partial charge in [-0.2, -0.15) is 0 Å². The molecule has 0 aliphatic carbocycles. The summed E-state index contributed by atoms with van der Waals surface area (Å²) in [7, 11) is 1.53. The van der Waals surface area contributed by atoms with E-state index in [4.69, 9.17) is 30.2 Å². The second-order valence-electron chi connectivity index (χ2n) is 7.46. The third-order valence-electron chi connectivity index (χ3n) is 5.47. The van der Waals surface area contributed by atoms with Crippen LogP contribution in [0, 0.1) is 0 Å². The number of benzene rings is 1. The Balaban J connectivity index is 1.32. The maximum atomic E-state index is 12.5. The summed E-state index contributed by atoms with van der Waals surface area (Å²) in [6, 6.07) is 7.53. The summed E-state index contributed by atoms with van der Waals surface area (Å²) in [6.45, 7) is 2.26. The second-order valence-corrected chi connectivity index (χ2v) is 7.87. The Labute approximate surface area is 189 Å². The van der Waals surface area contributed by atoms with E-state index in [1.807, 2.05) is 24.3 Å². The molecule has 2 aliphatic heterocycles. The lowest BCUT2D eigenvalue weighted by molar-refractivity contribution is 0.0741. The van der Waals surface area contributed by atoms with Gasteiger partial charge in [-0.1, -0.05) is 11.6 Å². The molecule has 3 aromatic rings. The third kappa shape index (κ3) is 3.91. The molecule has 4 heterocycles. The van der Waals surface area contributed by atoms with E-state index in [-0.39, 0.29) is 17.8 Å². The molecule has 32 heavy (non-hydrogen) atoms. The third-order valence-corrected chi connectivity index (χ3v) is 5.74. The van der Waals surface area contributed by atoms with Crippen LogP contribution in [0.3, 0.4) is 0 Å². The monoisotopic (exact) mass is 456 g/mol. The number of halogens is 1. The van der Waals surface area contributed by atoms with Gasteiger partial charge in [-0.15, -0.1) is 0 Å². The lowest BCUT2D eigenvalue weighted by atomic mass is 10.2. The highest BCUT2D eigenvalue weighted by Crippen LogP contribution is 2.40. The molecule has 9 nitrogen and oxygen atoms in total. The van der Waals surface area contributed by atoms with E-state index in [1.165, 1.54) is 19.7 Å². The number of nitrogens with zero attached hydrogens (tertiary/aromatic N) is 4. The first kappa shape index (κ1) is 20.4. The smallest absolute Gasteiger partial charge is 0.291 e. The fraction of sp³-hybridized carbons (Fsp3) is 0.318. The number of hydrogen-bond acceptors (Lipinski definition) is 8. The maximum Gasteiger partial charge on any atom is 0.291 e. The summed E-state index contributed by atoms with van der Waals surface area (Å²) in [6.07, 6.45) is 5.01. The van der Waals surface area contributed by atoms with Gasteiger partial charge in [0.25, 0.3) is 5.91 Å². The first-order valence-corrected chi connectivity index (χ1v) is 10.6. The van der Waals surface area contributed by atoms with Crippen molar-refractivity contribution in [1.82, 2.24) is 14.9 Å². The van der Waals surface area contributed by atoms with E-state index >= 15 is 0 Å². The molecular weight excluding hydrogens is 436 g/mol. The molecule has 0 spiro atoms. The van der Waals surface area contributed by atoms with Gasteiger partial charge in [0.15, 0.2) is 6.39 Å². The van der Waals surface area contributed by atoms with Crippen LogP contribution >= 0.6 is 11.6 Å². The Morgan fingerprint density at radius 3 is 2.94 bits per heavy atom. The molecule has 1 unspecified atom stereocenters. The van der Waals surface area contributed by atoms with Crippen LogP contribution in [0.5, 0.6) is 17.4 Å². The minimum atomic E-state index is -0.178. The van der Waals surface area contributed by atoms with Crippen LogP contribution in [0.2, 0.25) is 5.02 Å². The van der Waals surface area contributed by atoms with Crippen molar-refractivity contribution in [1.29, 1.82) is 0 Å². The van der Waals surface area contributed by atoms with Crippen molar-refractivity contribution in [3.05, 3.63) is 53.8 Å². The number of fused-ring (bicyclic) bond motifs is 1. The number of methoxy groups -OCH3 is 1. The molecule has 1 aromatic carbocycles. The van der Waals surface area contributed by atoms with Crippen molar-refractivity contribution < 1.29 is 23.4 Å². The van der Waals surface area contributed by atoms with Gasteiger partial charge in [0.1, 0.15) is 29.2 Å². The van der Waals surface area contributed by atoms with Crippen LogP contribution in [0.25, 0.3) is 0 Å². The number of carbonyl (C=O) groups excluding carboxylic acids is 1. The van der Waals surface area contributed by atoms with Gasteiger partial charge in [0.2, 0.25) is 11.6 Å². The van der Waals surface area contributed by atoms with Crippen LogP contribution in [0.1, 0.15) is 17.0 Å². The van der Waals surface area contributed by atoms with Crippen LogP contribution < -0.4 is 19.1 Å². The van der Waals surface area contributed by atoms with Crippen LogP contribution in [0.4, 0.5) is 11.4 Å². The molecule has 0 N–H and O–H groups in total. The number of oxazole rings is 1. The quantitative estimate of drug-likeness (QED) is 0.575. The van der Waals surface area contributed by atoms with E-state index in [2.05, 4.69) is 14.9 Å². The summed E-state index contributed by atoms with van der Waals surface area (Å²) in [4.78, 5) is 24.3. The molecule has 10 heteroatoms. The minimum Gasteiger partial charge on any atom is -0.490 e. The Morgan fingerprint density at radius 2 is 2.16 bits per heavy atom. The van der Waals surface area contributed by atoms with Gasteiger partial charge < -0.3 is 28.4 Å². The number of amides is 1. The Kier molecular flexibility index (Phi) is 5.48. The van der Waals surface area contributed by atoms with E-state index in [9.17, 15) is 4.79 Å². The van der Waals surface area contributed by atoms with E-state index in [0.717, 1.165) is 23.5 Å². The molecule has 0 saturated carbocycles. The molecule has 1 atom stereocenters. The van der Waals surface area contributed by atoms with Gasteiger partial charge in [-0.05, 0) is 18.2 Å². The molecule has 166 valence electrons. The lowest BCUT2D eigenvalue weighted by Gasteiger charge is -2.31. The van der Waals surface area contributed by atoms with Crippen molar-refractivity contribution >= 4 is 28.9 Å². The molecule has 1 saturated heterocycles. The van der Waals surface area contributed by atoms with Gasteiger partial charge in [-0.25, -0.2) is 9.97 Å². The van der Waals surface area contributed by atoms with Crippen molar-refractivity contribution in [2.75, 3.05) is 38.3 Å². The van der Waals surface area contributed by atoms with Crippen molar-refractivity contribution in [3.8, 4) is 17.4 Å². The average molecular weight is 457 g/mol. The van der Waals surface area contributed by atoms with Crippen LogP contribution in [-0.2, 0) is 0 Å². The predicted molar refractivity (Wildman–Crippen MR) is 116 cm³/mol. The highest BCUT2D eigenvalue weighted by Gasteiger charge is 2.30. The number of likely N-dealkylation sites (tertiary alicyclic amines) is 1. The molecule has 5 rings (SSSR count). The van der Waals surface area contributed by atoms with E-state index < -0.39 is 0 Å². The maximum absolute atomic E-state index is 12.5. The summed E-state index contributed by atoms with van der Waals surface area (Å²) in [5.41, 5.74) is 1.70. The van der Waals surface area contributed by atoms with Crippen LogP contribution in [0.15, 0.2) is 47.5 Å². The SMILES string of the molecule is COc1ncc(N2CCOc3ccc(OC4CCN(C(=O)c5cnco5)C4)cc32)cc1Cl. The Hall–Kier alpha value is -3.46. The standard InChI is InChI=1S/C22H21ClN4O5/c1-29-21-17(23)8-14(10-25-21)27-6-7-30-19-3-2-15(9-18(19)27)32-16-4-5-26(12-16)22(28)20-11-24-13-31-20/h2-3,8-11,13,16H,4-7,12H2,1H3. The molecule has 2 aromatic heterocycles. The number of ether oxygens (including phenoxy) is 3. The molecule has 0 bridgehead atoms. The summed E-state index contributed by atoms with van der Waals surface area (Å²) in [5.74, 6) is 1.89. The highest BCUT2D eigenvalue weighted by atomic mass is 35.5. The molecule has 1 fully saturated rings. The number of aromatic nitrogens is 2.